The van der Waals surface area contributed by atoms with E-state index in [2.05, 4.69) is 5.32 Å². The summed E-state index contributed by atoms with van der Waals surface area (Å²) in [6.45, 7) is -0.239. The van der Waals surface area contributed by atoms with Crippen molar-refractivity contribution in [1.29, 1.82) is 0 Å². The van der Waals surface area contributed by atoms with Crippen LogP contribution in [0.3, 0.4) is 0 Å². The van der Waals surface area contributed by atoms with Gasteiger partial charge in [0.2, 0.25) is 21.7 Å². The van der Waals surface area contributed by atoms with Crippen LogP contribution in [-0.2, 0) is 27.9 Å². The number of benzene rings is 2. The van der Waals surface area contributed by atoms with Gasteiger partial charge in [0, 0.05) is 23.7 Å². The topological polar surface area (TPSA) is 94.2 Å². The van der Waals surface area contributed by atoms with E-state index in [0.717, 1.165) is 10.6 Å². The Balaban J connectivity index is 2.12. The Hall–Kier alpha value is -2.49. The molecule has 0 saturated carbocycles. The number of rotatable bonds is 10. The fourth-order valence-corrected chi connectivity index (χ4v) is 3.74. The fraction of sp³-hybridized carbons (Fsp3) is 0.350. The highest BCUT2D eigenvalue weighted by Crippen LogP contribution is 2.39. The van der Waals surface area contributed by atoms with Crippen molar-refractivity contribution < 1.29 is 27.4 Å². The molecule has 0 fully saturated rings. The first-order chi connectivity index (χ1) is 14.2. The quantitative estimate of drug-likeness (QED) is 0.590. The molecule has 0 aliphatic carbocycles. The Morgan fingerprint density at radius 1 is 1.00 bits per heavy atom. The van der Waals surface area contributed by atoms with Gasteiger partial charge in [-0.05, 0) is 23.8 Å². The van der Waals surface area contributed by atoms with Crippen molar-refractivity contribution in [2.45, 2.75) is 13.1 Å². The summed E-state index contributed by atoms with van der Waals surface area (Å²) < 4.78 is 41.4. The lowest BCUT2D eigenvalue weighted by Gasteiger charge is -2.20. The van der Waals surface area contributed by atoms with Crippen LogP contribution < -0.4 is 19.5 Å². The number of nitrogens with one attached hydrogen (secondary N) is 1. The van der Waals surface area contributed by atoms with Crippen molar-refractivity contribution in [3.63, 3.8) is 0 Å². The van der Waals surface area contributed by atoms with E-state index >= 15 is 0 Å². The molecular weight excluding hydrogens is 432 g/mol. The van der Waals surface area contributed by atoms with E-state index < -0.39 is 15.9 Å². The Kier molecular flexibility index (Phi) is 8.33. The highest BCUT2D eigenvalue weighted by atomic mass is 35.5. The predicted molar refractivity (Wildman–Crippen MR) is 115 cm³/mol. The van der Waals surface area contributed by atoms with Crippen LogP contribution in [0.4, 0.5) is 0 Å². The van der Waals surface area contributed by atoms with Crippen molar-refractivity contribution in [3.8, 4) is 17.2 Å². The van der Waals surface area contributed by atoms with Crippen LogP contribution >= 0.6 is 11.6 Å². The fourth-order valence-electron chi connectivity index (χ4n) is 2.82. The summed E-state index contributed by atoms with van der Waals surface area (Å²) in [4.78, 5) is 12.5. The van der Waals surface area contributed by atoms with Crippen LogP contribution in [0.25, 0.3) is 0 Å². The number of carbonyl (C=O) groups is 1. The summed E-state index contributed by atoms with van der Waals surface area (Å²) in [7, 11) is 0.845. The van der Waals surface area contributed by atoms with Crippen LogP contribution in [0.5, 0.6) is 17.2 Å². The molecule has 0 saturated heterocycles. The Bertz CT molecular complexity index is 997. The summed E-state index contributed by atoms with van der Waals surface area (Å²) in [6.07, 6.45) is 1.05. The van der Waals surface area contributed by atoms with E-state index in [1.165, 1.54) is 21.3 Å². The first-order valence-corrected chi connectivity index (χ1v) is 11.2. The number of ether oxygens (including phenoxy) is 3. The minimum atomic E-state index is -3.64. The average Bonchev–Trinajstić information content (AvgIpc) is 2.71. The molecule has 2 aromatic rings. The Morgan fingerprint density at radius 3 is 2.23 bits per heavy atom. The summed E-state index contributed by atoms with van der Waals surface area (Å²) in [5.41, 5.74) is 1.26. The molecule has 0 aliphatic heterocycles. The van der Waals surface area contributed by atoms with Crippen LogP contribution in [0.15, 0.2) is 36.4 Å². The molecule has 10 heteroatoms. The largest absolute Gasteiger partial charge is 0.493 e. The third-order valence-corrected chi connectivity index (χ3v) is 5.92. The molecule has 0 aromatic heterocycles. The van der Waals surface area contributed by atoms with Gasteiger partial charge < -0.3 is 19.5 Å². The highest BCUT2D eigenvalue weighted by molar-refractivity contribution is 7.88. The first-order valence-electron chi connectivity index (χ1n) is 8.94. The van der Waals surface area contributed by atoms with Gasteiger partial charge >= 0.3 is 0 Å². The summed E-state index contributed by atoms with van der Waals surface area (Å²) >= 11 is 6.12. The standard InChI is InChI=1S/C20H25ClN2O6S/c1-27-17-10-9-14(19(28-2)20(17)29-3)11-22-18(24)13-23(30(4,25)26)12-15-7-5-6-8-16(15)21/h5-10H,11-13H2,1-4H3,(H,22,24). The molecule has 0 heterocycles. The monoisotopic (exact) mass is 456 g/mol. The van der Waals surface area contributed by atoms with Gasteiger partial charge in [-0.3, -0.25) is 4.79 Å². The molecule has 1 N–H and O–H groups in total. The molecule has 8 nitrogen and oxygen atoms in total. The number of hydrogen-bond donors (Lipinski definition) is 1. The Labute approximate surface area is 181 Å². The maximum absolute atomic E-state index is 12.5. The molecule has 2 rings (SSSR count). The maximum atomic E-state index is 12.5. The minimum Gasteiger partial charge on any atom is -0.493 e. The van der Waals surface area contributed by atoms with E-state index in [4.69, 9.17) is 25.8 Å². The van der Waals surface area contributed by atoms with Crippen LogP contribution in [0.1, 0.15) is 11.1 Å². The molecule has 30 heavy (non-hydrogen) atoms. The van der Waals surface area contributed by atoms with Crippen molar-refractivity contribution >= 4 is 27.5 Å². The molecular formula is C20H25ClN2O6S. The third-order valence-electron chi connectivity index (χ3n) is 4.36. The third kappa shape index (κ3) is 6.01. The second kappa shape index (κ2) is 10.5. The van der Waals surface area contributed by atoms with Gasteiger partial charge in [-0.15, -0.1) is 0 Å². The molecule has 0 aliphatic rings. The zero-order valence-corrected chi connectivity index (χ0v) is 18.8. The number of sulfonamides is 1. The summed E-state index contributed by atoms with van der Waals surface area (Å²) in [5.74, 6) is 0.855. The number of hydrogen-bond acceptors (Lipinski definition) is 6. The van der Waals surface area contributed by atoms with Gasteiger partial charge in [0.05, 0.1) is 34.1 Å². The molecule has 0 unspecified atom stereocenters. The molecule has 164 valence electrons. The lowest BCUT2D eigenvalue weighted by Crippen LogP contribution is -2.39. The summed E-state index contributed by atoms with van der Waals surface area (Å²) in [6, 6.07) is 10.3. The number of halogens is 1. The van der Waals surface area contributed by atoms with Crippen LogP contribution in [0.2, 0.25) is 5.02 Å². The maximum Gasteiger partial charge on any atom is 0.235 e. The molecule has 1 amide bonds. The number of methoxy groups -OCH3 is 3. The van der Waals surface area contributed by atoms with Crippen molar-refractivity contribution in [1.82, 2.24) is 9.62 Å². The molecule has 0 radical (unpaired) electrons. The second-order valence-electron chi connectivity index (χ2n) is 6.39. The van der Waals surface area contributed by atoms with Gasteiger partial charge in [0.1, 0.15) is 0 Å². The second-order valence-corrected chi connectivity index (χ2v) is 8.78. The van der Waals surface area contributed by atoms with E-state index in [1.807, 2.05) is 0 Å². The van der Waals surface area contributed by atoms with Gasteiger partial charge in [0.15, 0.2) is 11.5 Å². The SMILES string of the molecule is COc1ccc(CNC(=O)CN(Cc2ccccc2Cl)S(C)(=O)=O)c(OC)c1OC. The lowest BCUT2D eigenvalue weighted by molar-refractivity contribution is -0.121. The zero-order chi connectivity index (χ0) is 22.3. The molecule has 2 aromatic carbocycles. The van der Waals surface area contributed by atoms with E-state index in [0.29, 0.717) is 33.4 Å². The van der Waals surface area contributed by atoms with Gasteiger partial charge in [-0.25, -0.2) is 8.42 Å². The average molecular weight is 457 g/mol. The minimum absolute atomic E-state index is 0.00833. The smallest absolute Gasteiger partial charge is 0.235 e. The van der Waals surface area contributed by atoms with Crippen molar-refractivity contribution in [2.24, 2.45) is 0 Å². The van der Waals surface area contributed by atoms with E-state index in [1.54, 1.807) is 36.4 Å². The van der Waals surface area contributed by atoms with Crippen molar-refractivity contribution in [2.75, 3.05) is 34.1 Å². The molecule has 0 spiro atoms. The molecule has 0 bridgehead atoms. The van der Waals surface area contributed by atoms with Gasteiger partial charge in [0.25, 0.3) is 0 Å². The van der Waals surface area contributed by atoms with E-state index in [-0.39, 0.29) is 19.6 Å². The Morgan fingerprint density at radius 2 is 1.67 bits per heavy atom. The zero-order valence-electron chi connectivity index (χ0n) is 17.3. The highest BCUT2D eigenvalue weighted by Gasteiger charge is 2.22. The summed E-state index contributed by atoms with van der Waals surface area (Å²) in [5, 5.41) is 3.14. The first kappa shape index (κ1) is 23.8. The lowest BCUT2D eigenvalue weighted by atomic mass is 10.1. The predicted octanol–water partition coefficient (Wildman–Crippen LogP) is 2.44. The van der Waals surface area contributed by atoms with Gasteiger partial charge in [-0.1, -0.05) is 29.8 Å². The van der Waals surface area contributed by atoms with Crippen LogP contribution in [0, 0.1) is 0 Å². The number of amides is 1. The number of carbonyl (C=O) groups excluding carboxylic acids is 1. The molecule has 0 atom stereocenters. The van der Waals surface area contributed by atoms with Crippen molar-refractivity contribution in [3.05, 3.63) is 52.5 Å². The van der Waals surface area contributed by atoms with Gasteiger partial charge in [-0.2, -0.15) is 4.31 Å². The normalized spacial score (nSPS) is 11.3. The van der Waals surface area contributed by atoms with Crippen LogP contribution in [-0.4, -0.2) is 52.8 Å². The van der Waals surface area contributed by atoms with E-state index in [9.17, 15) is 13.2 Å². The number of nitrogens with zero attached hydrogens (tertiary/aromatic N) is 1.